The average Bonchev–Trinajstić information content (AvgIpc) is 3.14. The van der Waals surface area contributed by atoms with Crippen LogP contribution in [0.1, 0.15) is 22.6 Å². The smallest absolute Gasteiger partial charge is 0.265 e. The number of amides is 1. The first kappa shape index (κ1) is 12.5. The van der Waals surface area contributed by atoms with Crippen molar-refractivity contribution in [2.75, 3.05) is 0 Å². The molecule has 106 valence electrons. The van der Waals surface area contributed by atoms with Gasteiger partial charge in [0.15, 0.2) is 0 Å². The number of rotatable bonds is 3. The van der Waals surface area contributed by atoms with Gasteiger partial charge in [-0.1, -0.05) is 11.8 Å². The maximum absolute atomic E-state index is 11.5. The van der Waals surface area contributed by atoms with E-state index >= 15 is 0 Å². The highest BCUT2D eigenvalue weighted by molar-refractivity contribution is 7.99. The zero-order valence-electron chi connectivity index (χ0n) is 11.3. The third-order valence-corrected chi connectivity index (χ3v) is 4.92. The molecule has 2 aromatic heterocycles. The summed E-state index contributed by atoms with van der Waals surface area (Å²) >= 11 is 1.68. The Labute approximate surface area is 125 Å². The van der Waals surface area contributed by atoms with Crippen molar-refractivity contribution < 1.29 is 4.79 Å². The molecule has 21 heavy (non-hydrogen) atoms. The number of primary amides is 1. The SMILES string of the molecule is NC(=O)c1cc(Sc2ccc3[nH]ncc3c2)c2n1CCC2. The first-order chi connectivity index (χ1) is 10.2. The molecule has 0 bridgehead atoms. The Morgan fingerprint density at radius 3 is 3.14 bits per heavy atom. The van der Waals surface area contributed by atoms with E-state index in [0.717, 1.165) is 40.1 Å². The van der Waals surface area contributed by atoms with Crippen LogP contribution in [-0.4, -0.2) is 20.7 Å². The molecular formula is C15H14N4OS. The predicted octanol–water partition coefficient (Wildman–Crippen LogP) is 2.56. The van der Waals surface area contributed by atoms with Crippen molar-refractivity contribution >= 4 is 28.6 Å². The maximum Gasteiger partial charge on any atom is 0.265 e. The zero-order valence-corrected chi connectivity index (χ0v) is 12.1. The molecule has 0 saturated heterocycles. The van der Waals surface area contributed by atoms with E-state index in [2.05, 4.69) is 26.9 Å². The van der Waals surface area contributed by atoms with Gasteiger partial charge in [0, 0.05) is 27.4 Å². The van der Waals surface area contributed by atoms with Crippen molar-refractivity contribution in [3.05, 3.63) is 41.9 Å². The van der Waals surface area contributed by atoms with Gasteiger partial charge in [-0.3, -0.25) is 9.89 Å². The molecule has 0 saturated carbocycles. The quantitative estimate of drug-likeness (QED) is 0.780. The molecule has 0 fully saturated rings. The minimum atomic E-state index is -0.352. The summed E-state index contributed by atoms with van der Waals surface area (Å²) in [5.41, 5.74) is 8.34. The second kappa shape index (κ2) is 4.66. The Bertz CT molecular complexity index is 849. The van der Waals surface area contributed by atoms with Gasteiger partial charge in [-0.25, -0.2) is 0 Å². The van der Waals surface area contributed by atoms with Gasteiger partial charge in [-0.15, -0.1) is 0 Å². The number of hydrogen-bond donors (Lipinski definition) is 2. The van der Waals surface area contributed by atoms with Crippen LogP contribution in [-0.2, 0) is 13.0 Å². The van der Waals surface area contributed by atoms with Gasteiger partial charge in [-0.2, -0.15) is 5.10 Å². The number of hydrogen-bond acceptors (Lipinski definition) is 3. The first-order valence-electron chi connectivity index (χ1n) is 6.85. The number of aromatic amines is 1. The Hall–Kier alpha value is -2.21. The van der Waals surface area contributed by atoms with Crippen molar-refractivity contribution in [1.82, 2.24) is 14.8 Å². The molecule has 3 N–H and O–H groups in total. The van der Waals surface area contributed by atoms with E-state index in [9.17, 15) is 4.79 Å². The molecule has 1 aromatic carbocycles. The topological polar surface area (TPSA) is 76.7 Å². The van der Waals surface area contributed by atoms with E-state index in [1.807, 2.05) is 18.3 Å². The van der Waals surface area contributed by atoms with Crippen molar-refractivity contribution in [3.8, 4) is 0 Å². The summed E-state index contributed by atoms with van der Waals surface area (Å²) in [6, 6.07) is 8.11. The zero-order chi connectivity index (χ0) is 14.4. The summed E-state index contributed by atoms with van der Waals surface area (Å²) in [5, 5.41) is 8.07. The molecule has 1 amide bonds. The van der Waals surface area contributed by atoms with Crippen molar-refractivity contribution in [3.63, 3.8) is 0 Å². The number of carbonyl (C=O) groups is 1. The average molecular weight is 298 g/mol. The highest BCUT2D eigenvalue weighted by Crippen LogP contribution is 2.36. The normalized spacial score (nSPS) is 13.7. The van der Waals surface area contributed by atoms with E-state index in [1.165, 1.54) is 5.69 Å². The molecule has 0 atom stereocenters. The third-order valence-electron chi connectivity index (χ3n) is 3.86. The van der Waals surface area contributed by atoms with Gasteiger partial charge in [0.05, 0.1) is 11.7 Å². The van der Waals surface area contributed by atoms with Crippen LogP contribution in [0.15, 0.2) is 40.3 Å². The van der Waals surface area contributed by atoms with Crippen LogP contribution in [0.3, 0.4) is 0 Å². The molecular weight excluding hydrogens is 284 g/mol. The predicted molar refractivity (Wildman–Crippen MR) is 81.5 cm³/mol. The lowest BCUT2D eigenvalue weighted by molar-refractivity contribution is 0.0991. The monoisotopic (exact) mass is 298 g/mol. The summed E-state index contributed by atoms with van der Waals surface area (Å²) < 4.78 is 2.06. The molecule has 0 aliphatic carbocycles. The van der Waals surface area contributed by atoms with E-state index in [1.54, 1.807) is 11.8 Å². The van der Waals surface area contributed by atoms with Gasteiger partial charge < -0.3 is 10.3 Å². The number of nitrogens with zero attached hydrogens (tertiary/aromatic N) is 2. The summed E-state index contributed by atoms with van der Waals surface area (Å²) in [6.45, 7) is 0.884. The van der Waals surface area contributed by atoms with Crippen LogP contribution in [0.4, 0.5) is 0 Å². The minimum absolute atomic E-state index is 0.352. The molecule has 3 heterocycles. The Kier molecular flexibility index (Phi) is 2.78. The molecule has 1 aliphatic rings. The van der Waals surface area contributed by atoms with Gasteiger partial charge in [0.2, 0.25) is 0 Å². The highest BCUT2D eigenvalue weighted by Gasteiger charge is 2.22. The minimum Gasteiger partial charge on any atom is -0.364 e. The summed E-state index contributed by atoms with van der Waals surface area (Å²) in [4.78, 5) is 13.8. The molecule has 0 radical (unpaired) electrons. The van der Waals surface area contributed by atoms with Crippen molar-refractivity contribution in [1.29, 1.82) is 0 Å². The van der Waals surface area contributed by atoms with Crippen molar-refractivity contribution in [2.45, 2.75) is 29.2 Å². The Balaban J connectivity index is 1.73. The summed E-state index contributed by atoms with van der Waals surface area (Å²) in [5.74, 6) is -0.352. The lowest BCUT2D eigenvalue weighted by Gasteiger charge is -2.03. The van der Waals surface area contributed by atoms with Crippen molar-refractivity contribution in [2.24, 2.45) is 5.73 Å². The fourth-order valence-electron chi connectivity index (χ4n) is 2.89. The molecule has 4 rings (SSSR count). The fraction of sp³-hybridized carbons (Fsp3) is 0.200. The second-order valence-electron chi connectivity index (χ2n) is 5.18. The van der Waals surface area contributed by atoms with E-state index in [0.29, 0.717) is 5.69 Å². The lowest BCUT2D eigenvalue weighted by Crippen LogP contribution is -2.15. The fourth-order valence-corrected chi connectivity index (χ4v) is 3.96. The van der Waals surface area contributed by atoms with Crippen LogP contribution in [0.25, 0.3) is 10.9 Å². The first-order valence-corrected chi connectivity index (χ1v) is 7.67. The Morgan fingerprint density at radius 2 is 2.29 bits per heavy atom. The number of aromatic nitrogens is 3. The Morgan fingerprint density at radius 1 is 1.38 bits per heavy atom. The summed E-state index contributed by atoms with van der Waals surface area (Å²) in [7, 11) is 0. The van der Waals surface area contributed by atoms with Crippen LogP contribution in [0, 0.1) is 0 Å². The van der Waals surface area contributed by atoms with Crippen LogP contribution >= 0.6 is 11.8 Å². The van der Waals surface area contributed by atoms with Crippen LogP contribution in [0.2, 0.25) is 0 Å². The van der Waals surface area contributed by atoms with Crippen LogP contribution in [0.5, 0.6) is 0 Å². The van der Waals surface area contributed by atoms with E-state index in [4.69, 9.17) is 5.73 Å². The molecule has 5 nitrogen and oxygen atoms in total. The van der Waals surface area contributed by atoms with Gasteiger partial charge in [0.25, 0.3) is 5.91 Å². The maximum atomic E-state index is 11.5. The standard InChI is InChI=1S/C15H14N4OS/c16-15(20)13-7-14(12-2-1-5-19(12)13)21-10-3-4-11-9(6-10)8-17-18-11/h3-4,6-8H,1-2,5H2,(H2,16,20)(H,17,18). The second-order valence-corrected chi connectivity index (χ2v) is 6.30. The largest absolute Gasteiger partial charge is 0.364 e. The third kappa shape index (κ3) is 2.03. The van der Waals surface area contributed by atoms with Crippen LogP contribution < -0.4 is 5.73 Å². The molecule has 3 aromatic rings. The van der Waals surface area contributed by atoms with Gasteiger partial charge in [0.1, 0.15) is 5.69 Å². The molecule has 0 unspecified atom stereocenters. The number of carbonyl (C=O) groups excluding carboxylic acids is 1. The number of benzene rings is 1. The number of nitrogens with two attached hydrogens (primary N) is 1. The van der Waals surface area contributed by atoms with Gasteiger partial charge in [-0.05, 0) is 37.1 Å². The molecule has 0 spiro atoms. The van der Waals surface area contributed by atoms with E-state index < -0.39 is 0 Å². The molecule has 6 heteroatoms. The number of fused-ring (bicyclic) bond motifs is 2. The highest BCUT2D eigenvalue weighted by atomic mass is 32.2. The van der Waals surface area contributed by atoms with Gasteiger partial charge >= 0.3 is 0 Å². The number of nitrogens with one attached hydrogen (secondary N) is 1. The lowest BCUT2D eigenvalue weighted by atomic mass is 10.3. The molecule has 1 aliphatic heterocycles. The number of H-pyrrole nitrogens is 1. The van der Waals surface area contributed by atoms with E-state index in [-0.39, 0.29) is 5.91 Å². The summed E-state index contributed by atoms with van der Waals surface area (Å²) in [6.07, 6.45) is 3.90.